The minimum Gasteiger partial charge on any atom is -0.456 e. The second-order valence-electron chi connectivity index (χ2n) is 34.2. The maximum Gasteiger partial charge on any atom is 0.238 e. The molecule has 0 atom stereocenters. The van der Waals surface area contributed by atoms with Crippen molar-refractivity contribution >= 4 is 246 Å². The molecule has 14 heterocycles. The Balaban J connectivity index is 0.0000000949. The molecule has 0 radical (unpaired) electrons. The van der Waals surface area contributed by atoms with Gasteiger partial charge in [0.1, 0.15) is 27.7 Å². The largest absolute Gasteiger partial charge is 0.456 e. The highest BCUT2D eigenvalue weighted by Crippen LogP contribution is 2.51. The summed E-state index contributed by atoms with van der Waals surface area (Å²) in [6, 6.07) is 134. The van der Waals surface area contributed by atoms with Crippen LogP contribution in [-0.2, 0) is 0 Å². The molecular weight excluding hydrogens is 1610 g/mol. The van der Waals surface area contributed by atoms with E-state index in [1.165, 1.54) is 97.7 Å². The molecule has 0 aliphatic rings. The summed E-state index contributed by atoms with van der Waals surface area (Å²) >= 11 is 0. The summed E-state index contributed by atoms with van der Waals surface area (Å²) in [5, 5.41) is 22.6. The normalized spacial score (nSPS) is 12.4. The van der Waals surface area contributed by atoms with Gasteiger partial charge in [0.2, 0.25) is 5.95 Å². The number of hydrogen-bond acceptors (Lipinski definition) is 10. The summed E-state index contributed by atoms with van der Waals surface area (Å²) in [4.78, 5) is 46.3. The lowest BCUT2D eigenvalue weighted by Gasteiger charge is -2.11. The van der Waals surface area contributed by atoms with E-state index in [0.29, 0.717) is 17.6 Å². The Hall–Kier alpha value is -18.2. The predicted molar refractivity (Wildman–Crippen MR) is 535 cm³/mol. The molecule has 0 saturated heterocycles. The van der Waals surface area contributed by atoms with Crippen LogP contribution in [-0.4, -0.2) is 71.8 Å². The number of hydrogen-bond donors (Lipinski definition) is 0. The lowest BCUT2D eigenvalue weighted by atomic mass is 10.0. The Morgan fingerprint density at radius 1 is 0.191 bits per heavy atom. The van der Waals surface area contributed by atoms with Gasteiger partial charge in [0.15, 0.2) is 28.6 Å². The van der Waals surface area contributed by atoms with Gasteiger partial charge in [0, 0.05) is 120 Å². The zero-order chi connectivity index (χ0) is 85.1. The van der Waals surface area contributed by atoms with Crippen molar-refractivity contribution in [2.45, 2.75) is 0 Å². The molecule has 0 aliphatic carbocycles. The van der Waals surface area contributed by atoms with E-state index in [2.05, 4.69) is 276 Å². The molecule has 32 rings (SSSR count). The molecule has 14 aromatic heterocycles. The molecule has 0 amide bonds. The summed E-state index contributed by atoms with van der Waals surface area (Å²) in [7, 11) is 0. The Morgan fingerprint density at radius 2 is 0.550 bits per heavy atom. The second-order valence-corrected chi connectivity index (χ2v) is 34.2. The molecule has 131 heavy (non-hydrogen) atoms. The summed E-state index contributed by atoms with van der Waals surface area (Å²) in [6.45, 7) is 0. The molecule has 604 valence electrons. The highest BCUT2D eigenvalue weighted by molar-refractivity contribution is 6.37. The number of rotatable bonds is 5. The van der Waals surface area contributed by atoms with Crippen molar-refractivity contribution in [2.24, 2.45) is 0 Å². The smallest absolute Gasteiger partial charge is 0.238 e. The number of benzene rings is 18. The van der Waals surface area contributed by atoms with E-state index in [0.717, 1.165) is 171 Å². The molecule has 18 aromatic carbocycles. The molecule has 0 aliphatic heterocycles. The van der Waals surface area contributed by atoms with Crippen molar-refractivity contribution in [3.8, 4) is 40.1 Å². The summed E-state index contributed by atoms with van der Waals surface area (Å²) in [5.41, 5.74) is 30.5. The van der Waals surface area contributed by atoms with Crippen molar-refractivity contribution in [1.82, 2.24) is 71.8 Å². The van der Waals surface area contributed by atoms with Crippen LogP contribution in [0.2, 0.25) is 0 Å². The van der Waals surface area contributed by atoms with Crippen molar-refractivity contribution in [3.05, 3.63) is 382 Å². The van der Waals surface area contributed by atoms with Crippen LogP contribution in [0.3, 0.4) is 0 Å². The molecule has 0 saturated carbocycles. The molecule has 0 unspecified atom stereocenters. The molecule has 16 heteroatoms. The zero-order valence-corrected chi connectivity index (χ0v) is 69.5. The van der Waals surface area contributed by atoms with Crippen LogP contribution in [0.4, 0.5) is 0 Å². The van der Waals surface area contributed by atoms with E-state index >= 15 is 0 Å². The van der Waals surface area contributed by atoms with Gasteiger partial charge >= 0.3 is 0 Å². The monoisotopic (exact) mass is 1670 g/mol. The molecule has 0 spiro atoms. The highest BCUT2D eigenvalue weighted by Gasteiger charge is 2.31. The molecule has 32 aromatic rings. The summed E-state index contributed by atoms with van der Waals surface area (Å²) in [5.74, 6) is 1.82. The van der Waals surface area contributed by atoms with Gasteiger partial charge in [0.05, 0.1) is 99.3 Å². The first kappa shape index (κ1) is 70.2. The van der Waals surface area contributed by atoms with E-state index < -0.39 is 0 Å². The second kappa shape index (κ2) is 26.2. The lowest BCUT2D eigenvalue weighted by Crippen LogP contribution is -2.06. The fourth-order valence-electron chi connectivity index (χ4n) is 21.9. The van der Waals surface area contributed by atoms with Gasteiger partial charge in [-0.25, -0.2) is 34.9 Å². The van der Waals surface area contributed by atoms with Crippen LogP contribution in [0.15, 0.2) is 387 Å². The van der Waals surface area contributed by atoms with Crippen molar-refractivity contribution in [2.75, 3.05) is 0 Å². The minimum absolute atomic E-state index is 0.567. The summed E-state index contributed by atoms with van der Waals surface area (Å²) in [6.07, 6.45) is 0. The molecule has 0 N–H and O–H groups in total. The third-order valence-corrected chi connectivity index (χ3v) is 27.3. The van der Waals surface area contributed by atoms with Crippen molar-refractivity contribution < 1.29 is 4.42 Å². The zero-order valence-electron chi connectivity index (χ0n) is 69.5. The topological polar surface area (TPSA) is 157 Å². The standard InChI is InChI=1S/C41H23N7.C38H20N4O.C36H20N4/c1-3-12-24(13-4-1)38-44-39(25-14-5-2-6-15-25)46-41(45-38)47-32-21-10-7-16-28(32)34-33(47)23-22-27-26-17-11-18-29-35-40(48(36(26)29)37(27)34)43-31-20-9-8-19-30(31)42-35;1-5-14-30-26(9-1)34-31(41(30)21-16-17-23-22-8-2-6-15-32(22)43-33(23)20-21)19-18-25-24-10-7-11-27-35-38(42(36(24)27)37(25)34)40-29-13-4-3-12-28(29)39-35;1-2-11-22(12-3-1)39-29-17-9-6-14-24(29)32-30(39)19-18-25-31-23-13-5-4-10-21(23)20-26-33-36(40(34(25)32)35(26)31)38-28-16-8-7-15-27(28)37-33/h1-23H;1-20H;1-20H. The van der Waals surface area contributed by atoms with Gasteiger partial charge in [-0.2, -0.15) is 9.97 Å². The highest BCUT2D eigenvalue weighted by atomic mass is 16.3. The molecule has 16 nitrogen and oxygen atoms in total. The van der Waals surface area contributed by atoms with Crippen molar-refractivity contribution in [1.29, 1.82) is 0 Å². The number of furan rings is 1. The van der Waals surface area contributed by atoms with Gasteiger partial charge in [-0.1, -0.05) is 267 Å². The maximum atomic E-state index is 6.31. The Kier molecular flexibility index (Phi) is 14.1. The van der Waals surface area contributed by atoms with E-state index in [4.69, 9.17) is 49.3 Å². The average Bonchev–Trinajstić information content (AvgIpc) is 1.52. The van der Waals surface area contributed by atoms with Crippen LogP contribution in [0.5, 0.6) is 0 Å². The van der Waals surface area contributed by atoms with E-state index in [-0.39, 0.29) is 0 Å². The first-order valence-corrected chi connectivity index (χ1v) is 44.1. The first-order valence-electron chi connectivity index (χ1n) is 44.1. The van der Waals surface area contributed by atoms with Crippen LogP contribution < -0.4 is 0 Å². The van der Waals surface area contributed by atoms with Gasteiger partial charge in [-0.15, -0.1) is 0 Å². The fraction of sp³-hybridized carbons (Fsp3) is 0. The van der Waals surface area contributed by atoms with Crippen LogP contribution in [0.25, 0.3) is 286 Å². The average molecular weight is 1670 g/mol. The van der Waals surface area contributed by atoms with Crippen molar-refractivity contribution in [3.63, 3.8) is 0 Å². The van der Waals surface area contributed by atoms with Gasteiger partial charge in [0.25, 0.3) is 0 Å². The molecule has 0 bridgehead atoms. The summed E-state index contributed by atoms with van der Waals surface area (Å²) < 4.78 is 20.3. The minimum atomic E-state index is 0.567. The lowest BCUT2D eigenvalue weighted by molar-refractivity contribution is 0.668. The number of para-hydroxylation sites is 13. The number of aromatic nitrogens is 15. The molecule has 0 fully saturated rings. The SMILES string of the molecule is c1ccc(-c2nc(-c3ccccc3)nc(-n3c4ccccc4c4c3ccc3c5cccc6c7nc8ccccc8nc7n(c56)c34)n2)cc1.c1ccc(-n2c3ccccc3c3c2ccc2c4c5ccccc5cc5c6nc7ccccc7nc6n(c54)c23)cc1.c1ccc2nc3c(nc2c1)c1cccc2c4ccc5c(c6ccccc6n5-c5ccc6c(c5)oc5ccccc56)c4n3c21. The quantitative estimate of drug-likeness (QED) is 0.162. The van der Waals surface area contributed by atoms with Gasteiger partial charge in [-0.3, -0.25) is 17.8 Å². The van der Waals surface area contributed by atoms with E-state index in [9.17, 15) is 0 Å². The Labute approximate surface area is 739 Å². The van der Waals surface area contributed by atoms with E-state index in [1.54, 1.807) is 0 Å². The third kappa shape index (κ3) is 9.66. The van der Waals surface area contributed by atoms with E-state index in [1.807, 2.05) is 133 Å². The van der Waals surface area contributed by atoms with Crippen LogP contribution in [0, 0.1) is 0 Å². The number of nitrogens with zero attached hydrogens (tertiary/aromatic N) is 15. The predicted octanol–water partition coefficient (Wildman–Crippen LogP) is 28.2. The fourth-order valence-corrected chi connectivity index (χ4v) is 21.9. The van der Waals surface area contributed by atoms with Gasteiger partial charge in [-0.05, 0) is 120 Å². The van der Waals surface area contributed by atoms with Crippen LogP contribution in [0.1, 0.15) is 0 Å². The van der Waals surface area contributed by atoms with Gasteiger partial charge < -0.3 is 13.6 Å². The number of fused-ring (bicyclic) bond motifs is 38. The maximum absolute atomic E-state index is 6.31. The van der Waals surface area contributed by atoms with Crippen LogP contribution >= 0.6 is 0 Å². The molecular formula is C115H63N15O. The Bertz CT molecular complexity index is 10500. The first-order chi connectivity index (χ1) is 65.0. The third-order valence-electron chi connectivity index (χ3n) is 27.3. The Morgan fingerprint density at radius 3 is 1.08 bits per heavy atom.